The molecule has 6 heteroatoms. The molecule has 0 bridgehead atoms. The average Bonchev–Trinajstić information content (AvgIpc) is 2.90. The van der Waals surface area contributed by atoms with Crippen molar-refractivity contribution in [1.29, 1.82) is 0 Å². The summed E-state index contributed by atoms with van der Waals surface area (Å²) < 4.78 is 5.62. The summed E-state index contributed by atoms with van der Waals surface area (Å²) in [5.74, 6) is 0.0914. The summed E-state index contributed by atoms with van der Waals surface area (Å²) in [5, 5.41) is 2.71. The number of carbonyl (C=O) groups excluding carboxylic acids is 3. The Labute approximate surface area is 151 Å². The first-order valence-corrected chi connectivity index (χ1v) is 8.45. The van der Waals surface area contributed by atoms with E-state index >= 15 is 0 Å². The van der Waals surface area contributed by atoms with Gasteiger partial charge in [0.05, 0.1) is 12.1 Å². The predicted molar refractivity (Wildman–Crippen MR) is 96.1 cm³/mol. The first kappa shape index (κ1) is 17.7. The molecule has 134 valence electrons. The van der Waals surface area contributed by atoms with Gasteiger partial charge in [0.1, 0.15) is 18.4 Å². The Morgan fingerprint density at radius 1 is 1.08 bits per heavy atom. The SMILES string of the molecule is CC(=O)c1ccccc1OCCN1C(=O)NC(Cc2ccccc2)C1=O. The van der Waals surface area contributed by atoms with E-state index in [2.05, 4.69) is 5.32 Å². The lowest BCUT2D eigenvalue weighted by Crippen LogP contribution is -2.35. The monoisotopic (exact) mass is 352 g/mol. The molecule has 1 saturated heterocycles. The first-order valence-electron chi connectivity index (χ1n) is 8.45. The first-order chi connectivity index (χ1) is 12.6. The van der Waals surface area contributed by atoms with Crippen LogP contribution >= 0.6 is 0 Å². The molecule has 0 spiro atoms. The Hall–Kier alpha value is -3.15. The van der Waals surface area contributed by atoms with Crippen LogP contribution in [0, 0.1) is 0 Å². The lowest BCUT2D eigenvalue weighted by molar-refractivity contribution is -0.127. The number of urea groups is 1. The van der Waals surface area contributed by atoms with E-state index in [0.29, 0.717) is 17.7 Å². The van der Waals surface area contributed by atoms with E-state index in [1.165, 1.54) is 6.92 Å². The number of rotatable bonds is 7. The summed E-state index contributed by atoms with van der Waals surface area (Å²) in [6, 6.07) is 15.5. The molecule has 2 aromatic carbocycles. The number of hydrogen-bond donors (Lipinski definition) is 1. The highest BCUT2D eigenvalue weighted by Gasteiger charge is 2.37. The van der Waals surface area contributed by atoms with Crippen molar-refractivity contribution in [3.63, 3.8) is 0 Å². The summed E-state index contributed by atoms with van der Waals surface area (Å²) in [6.45, 7) is 1.72. The van der Waals surface area contributed by atoms with Crippen molar-refractivity contribution >= 4 is 17.7 Å². The highest BCUT2D eigenvalue weighted by molar-refractivity contribution is 6.04. The number of amides is 3. The van der Waals surface area contributed by atoms with Gasteiger partial charge in [-0.05, 0) is 24.6 Å². The molecule has 1 aliphatic rings. The highest BCUT2D eigenvalue weighted by Crippen LogP contribution is 2.19. The van der Waals surface area contributed by atoms with Crippen LogP contribution in [-0.2, 0) is 11.2 Å². The summed E-state index contributed by atoms with van der Waals surface area (Å²) in [7, 11) is 0. The Balaban J connectivity index is 1.58. The van der Waals surface area contributed by atoms with Crippen molar-refractivity contribution in [3.8, 4) is 5.75 Å². The maximum absolute atomic E-state index is 12.5. The molecule has 6 nitrogen and oxygen atoms in total. The second kappa shape index (κ2) is 7.82. The van der Waals surface area contributed by atoms with E-state index < -0.39 is 12.1 Å². The van der Waals surface area contributed by atoms with Crippen molar-refractivity contribution in [2.75, 3.05) is 13.2 Å². The molecule has 26 heavy (non-hydrogen) atoms. The number of para-hydroxylation sites is 1. The summed E-state index contributed by atoms with van der Waals surface area (Å²) in [5.41, 5.74) is 1.46. The number of imide groups is 1. The smallest absolute Gasteiger partial charge is 0.324 e. The zero-order chi connectivity index (χ0) is 18.5. The summed E-state index contributed by atoms with van der Waals surface area (Å²) in [6.07, 6.45) is 0.454. The molecule has 0 aromatic heterocycles. The second-order valence-electron chi connectivity index (χ2n) is 6.08. The lowest BCUT2D eigenvalue weighted by Gasteiger charge is -2.15. The van der Waals surface area contributed by atoms with Gasteiger partial charge in [-0.25, -0.2) is 4.79 Å². The van der Waals surface area contributed by atoms with Crippen molar-refractivity contribution in [3.05, 3.63) is 65.7 Å². The maximum atomic E-state index is 12.5. The van der Waals surface area contributed by atoms with E-state index in [4.69, 9.17) is 4.74 Å². The molecule has 1 heterocycles. The Morgan fingerprint density at radius 3 is 2.50 bits per heavy atom. The fourth-order valence-corrected chi connectivity index (χ4v) is 2.91. The number of carbonyl (C=O) groups is 3. The van der Waals surface area contributed by atoms with Crippen molar-refractivity contribution < 1.29 is 19.1 Å². The van der Waals surface area contributed by atoms with E-state index in [1.54, 1.807) is 24.3 Å². The van der Waals surface area contributed by atoms with E-state index in [1.807, 2.05) is 30.3 Å². The number of nitrogens with one attached hydrogen (secondary N) is 1. The van der Waals surface area contributed by atoms with Gasteiger partial charge in [-0.15, -0.1) is 0 Å². The molecule has 1 aliphatic heterocycles. The van der Waals surface area contributed by atoms with Gasteiger partial charge < -0.3 is 10.1 Å². The zero-order valence-corrected chi connectivity index (χ0v) is 14.5. The molecule has 0 saturated carbocycles. The molecule has 1 atom stereocenters. The Morgan fingerprint density at radius 2 is 1.77 bits per heavy atom. The molecule has 0 radical (unpaired) electrons. The third-order valence-electron chi connectivity index (χ3n) is 4.23. The number of Topliss-reactive ketones (excluding diaryl/α,β-unsaturated/α-hetero) is 1. The predicted octanol–water partition coefficient (Wildman–Crippen LogP) is 2.43. The van der Waals surface area contributed by atoms with E-state index in [9.17, 15) is 14.4 Å². The molecule has 1 unspecified atom stereocenters. The molecule has 1 fully saturated rings. The summed E-state index contributed by atoms with van der Waals surface area (Å²) >= 11 is 0. The Bertz CT molecular complexity index is 820. The molecular weight excluding hydrogens is 332 g/mol. The van der Waals surface area contributed by atoms with Crippen LogP contribution in [0.1, 0.15) is 22.8 Å². The third-order valence-corrected chi connectivity index (χ3v) is 4.23. The lowest BCUT2D eigenvalue weighted by atomic mass is 10.1. The van der Waals surface area contributed by atoms with Crippen molar-refractivity contribution in [2.45, 2.75) is 19.4 Å². The van der Waals surface area contributed by atoms with Gasteiger partial charge in [0, 0.05) is 6.42 Å². The maximum Gasteiger partial charge on any atom is 0.324 e. The van der Waals surface area contributed by atoms with Crippen molar-refractivity contribution in [1.82, 2.24) is 10.2 Å². The van der Waals surface area contributed by atoms with Gasteiger partial charge >= 0.3 is 6.03 Å². The van der Waals surface area contributed by atoms with Gasteiger partial charge in [0.15, 0.2) is 5.78 Å². The minimum Gasteiger partial charge on any atom is -0.491 e. The molecule has 1 N–H and O–H groups in total. The van der Waals surface area contributed by atoms with Gasteiger partial charge in [-0.3, -0.25) is 14.5 Å². The van der Waals surface area contributed by atoms with Gasteiger partial charge in [-0.1, -0.05) is 42.5 Å². The number of benzene rings is 2. The van der Waals surface area contributed by atoms with Crippen LogP contribution in [0.2, 0.25) is 0 Å². The fourth-order valence-electron chi connectivity index (χ4n) is 2.91. The normalized spacial score (nSPS) is 16.5. The largest absolute Gasteiger partial charge is 0.491 e. The van der Waals surface area contributed by atoms with Crippen molar-refractivity contribution in [2.24, 2.45) is 0 Å². The van der Waals surface area contributed by atoms with Crippen LogP contribution in [0.25, 0.3) is 0 Å². The van der Waals surface area contributed by atoms with E-state index in [0.717, 1.165) is 10.5 Å². The van der Waals surface area contributed by atoms with Crippen LogP contribution < -0.4 is 10.1 Å². The summed E-state index contributed by atoms with van der Waals surface area (Å²) in [4.78, 5) is 37.3. The fraction of sp³-hybridized carbons (Fsp3) is 0.250. The second-order valence-corrected chi connectivity index (χ2v) is 6.08. The number of ether oxygens (including phenoxy) is 1. The van der Waals surface area contributed by atoms with Crippen LogP contribution in [0.5, 0.6) is 5.75 Å². The van der Waals surface area contributed by atoms with Gasteiger partial charge in [0.2, 0.25) is 0 Å². The number of ketones is 1. The average molecular weight is 352 g/mol. The zero-order valence-electron chi connectivity index (χ0n) is 14.5. The standard InChI is InChI=1S/C20H20N2O4/c1-14(23)16-9-5-6-10-18(16)26-12-11-22-19(24)17(21-20(22)25)13-15-7-3-2-4-8-15/h2-10,17H,11-13H2,1H3,(H,21,25). The molecule has 3 amide bonds. The van der Waals surface area contributed by atoms with Crippen LogP contribution in [-0.4, -0.2) is 41.8 Å². The van der Waals surface area contributed by atoms with Gasteiger partial charge in [-0.2, -0.15) is 0 Å². The minimum atomic E-state index is -0.561. The number of nitrogens with zero attached hydrogens (tertiary/aromatic N) is 1. The molecule has 0 aliphatic carbocycles. The molecular formula is C20H20N2O4. The quantitative estimate of drug-likeness (QED) is 0.613. The third kappa shape index (κ3) is 3.91. The Kier molecular flexibility index (Phi) is 5.31. The van der Waals surface area contributed by atoms with Gasteiger partial charge in [0.25, 0.3) is 5.91 Å². The number of hydrogen-bond acceptors (Lipinski definition) is 4. The van der Waals surface area contributed by atoms with E-state index in [-0.39, 0.29) is 24.8 Å². The topological polar surface area (TPSA) is 75.7 Å². The molecule has 3 rings (SSSR count). The minimum absolute atomic E-state index is 0.0986. The van der Waals surface area contributed by atoms with Crippen LogP contribution in [0.3, 0.4) is 0 Å². The highest BCUT2D eigenvalue weighted by atomic mass is 16.5. The van der Waals surface area contributed by atoms with Crippen LogP contribution in [0.4, 0.5) is 4.79 Å². The molecule has 2 aromatic rings. The van der Waals surface area contributed by atoms with Crippen LogP contribution in [0.15, 0.2) is 54.6 Å².